The number of carboxylic acid groups (broad SMARTS) is 5. The number of aromatic carboxylic acids is 1. The normalized spacial score (nSPS) is 20.2. The highest BCUT2D eigenvalue weighted by molar-refractivity contribution is 6.06. The van der Waals surface area contributed by atoms with E-state index in [1.807, 2.05) is 16.0 Å². The van der Waals surface area contributed by atoms with Crippen molar-refractivity contribution in [3.63, 3.8) is 0 Å². The first-order valence-electron chi connectivity index (χ1n) is 39.7. The van der Waals surface area contributed by atoms with Crippen molar-refractivity contribution in [3.8, 4) is 0 Å². The van der Waals surface area contributed by atoms with Crippen LogP contribution in [0.1, 0.15) is 157 Å². The number of amides is 16. The molecule has 1 fully saturated rings. The van der Waals surface area contributed by atoms with Crippen LogP contribution in [0.5, 0.6) is 0 Å². The van der Waals surface area contributed by atoms with E-state index < -0.39 is 291 Å². The molecule has 126 heavy (non-hydrogen) atoms. The summed E-state index contributed by atoms with van der Waals surface area (Å²) in [5.41, 5.74) is 11.8. The molecule has 2 aromatic carbocycles. The lowest BCUT2D eigenvalue weighted by Crippen LogP contribution is -2.62. The van der Waals surface area contributed by atoms with Gasteiger partial charge in [-0.05, 0) is 62.8 Å². The molecule has 5 rings (SSSR count). The van der Waals surface area contributed by atoms with Gasteiger partial charge in [-0.25, -0.2) is 14.4 Å². The van der Waals surface area contributed by atoms with Gasteiger partial charge in [0.05, 0.1) is 51.8 Å². The minimum Gasteiger partial charge on any atom is -0.481 e. The number of nitrogen functional groups attached to an aromatic ring is 1. The van der Waals surface area contributed by atoms with Crippen LogP contribution in [-0.2, 0) is 102 Å². The van der Waals surface area contributed by atoms with E-state index in [2.05, 4.69) is 85.9 Å². The third kappa shape index (κ3) is 34.0. The van der Waals surface area contributed by atoms with E-state index in [9.17, 15) is 136 Å². The number of aliphatic carboxylic acids is 4. The van der Waals surface area contributed by atoms with Crippen molar-refractivity contribution >= 4 is 153 Å². The van der Waals surface area contributed by atoms with Gasteiger partial charge in [-0.1, -0.05) is 82.7 Å². The number of aromatic amines is 2. The Bertz CT molecular complexity index is 4670. The van der Waals surface area contributed by atoms with Crippen LogP contribution in [-0.4, -0.2) is 275 Å². The molecule has 27 N–H and O–H groups in total. The third-order valence-electron chi connectivity index (χ3n) is 19.2. The number of aliphatic hydroxyl groups is 1. The molecule has 4 aromatic rings. The van der Waals surface area contributed by atoms with Gasteiger partial charge in [-0.3, -0.25) is 102 Å². The number of ether oxygens (including phenoxy) is 1. The Balaban J connectivity index is 1.64. The molecule has 0 spiro atoms. The number of hydrogen-bond donors (Lipinski definition) is 25. The van der Waals surface area contributed by atoms with E-state index in [4.69, 9.17) is 16.2 Å². The Hall–Kier alpha value is -14.7. The fourth-order valence-electron chi connectivity index (χ4n) is 12.6. The number of urea groups is 1. The molecule has 0 aliphatic carbocycles. The first-order valence-corrected chi connectivity index (χ1v) is 39.7. The Labute approximate surface area is 716 Å². The molecular weight excluding hydrogens is 1670 g/mol. The van der Waals surface area contributed by atoms with Crippen LogP contribution in [0, 0.1) is 5.92 Å². The molecule has 3 heterocycles. The number of fused-ring (bicyclic) bond motifs is 1. The maximum Gasteiger partial charge on any atom is 0.341 e. The predicted molar refractivity (Wildman–Crippen MR) is 434 cm³/mol. The van der Waals surface area contributed by atoms with Crippen molar-refractivity contribution in [2.45, 2.75) is 209 Å². The van der Waals surface area contributed by atoms with E-state index in [-0.39, 0.29) is 30.5 Å². The lowest BCUT2D eigenvalue weighted by molar-refractivity contribution is -0.156. The number of esters is 1. The number of hydrogen-bond acceptors (Lipinski definition) is 26. The third-order valence-corrected chi connectivity index (χ3v) is 19.2. The van der Waals surface area contributed by atoms with Crippen molar-refractivity contribution in [2.75, 3.05) is 37.3 Å². The zero-order valence-corrected chi connectivity index (χ0v) is 68.8. The molecule has 1 aliphatic rings. The van der Waals surface area contributed by atoms with Gasteiger partial charge in [0.1, 0.15) is 78.1 Å². The SMILES string of the molecule is CCCCCCCCCC(=O)NC(Cc1c[nH]c2ccccc12)C(=O)NC(CC(N)=O)C(=O)NC(CC(=O)O)C(=O)NC1C(=O)NCC(=O)NC(CCCNC(=O)Nc2n[nH]cc2C(=O)O)C(=O)NC(CC(=O)O)C(=O)NC(C)C(=O)NC(CC(=O)O)C(=O)NCC(=O)NC(CO)C(=O)NC(C(C)CC(=O)O)C(=O)NC(CC(=O)c2ccccc2N)C(=O)OC1C. The monoisotopic (exact) mass is 1770 g/mol. The number of cyclic esters (lactones) is 1. The summed E-state index contributed by atoms with van der Waals surface area (Å²) in [6.07, 6.45) is -2.52. The number of aromatic nitrogens is 3. The predicted octanol–water partition coefficient (Wildman–Crippen LogP) is -5.34. The smallest absolute Gasteiger partial charge is 0.341 e. The van der Waals surface area contributed by atoms with Crippen LogP contribution in [0.15, 0.2) is 60.9 Å². The molecular formula is C77H104N20O29. The molecule has 0 radical (unpaired) electrons. The van der Waals surface area contributed by atoms with E-state index in [0.717, 1.165) is 59.1 Å². The zero-order valence-electron chi connectivity index (χ0n) is 68.8. The number of nitrogens with two attached hydrogens (primary N) is 2. The highest BCUT2D eigenvalue weighted by atomic mass is 16.5. The number of primary amides is 1. The molecule has 2 aromatic heterocycles. The summed E-state index contributed by atoms with van der Waals surface area (Å²) in [4.78, 5) is 304. The van der Waals surface area contributed by atoms with E-state index in [1.165, 1.54) is 24.3 Å². The van der Waals surface area contributed by atoms with Gasteiger partial charge in [-0.2, -0.15) is 5.10 Å². The molecule has 16 amide bonds. The van der Waals surface area contributed by atoms with E-state index in [0.29, 0.717) is 29.3 Å². The first-order chi connectivity index (χ1) is 59.6. The van der Waals surface area contributed by atoms with Gasteiger partial charge < -0.3 is 126 Å². The minimum absolute atomic E-state index is 0.0430. The maximum absolute atomic E-state index is 15.0. The Morgan fingerprint density at radius 2 is 1.12 bits per heavy atom. The van der Waals surface area contributed by atoms with E-state index >= 15 is 0 Å². The average molecular weight is 1770 g/mol. The Morgan fingerprint density at radius 1 is 0.556 bits per heavy atom. The number of anilines is 2. The Morgan fingerprint density at radius 3 is 1.74 bits per heavy atom. The van der Waals surface area contributed by atoms with Crippen LogP contribution in [0.3, 0.4) is 0 Å². The van der Waals surface area contributed by atoms with Crippen LogP contribution < -0.4 is 91.2 Å². The average Bonchev–Trinajstić information content (AvgIpc) is 1.63. The second-order valence-electron chi connectivity index (χ2n) is 29.3. The molecule has 49 heteroatoms. The molecule has 13 unspecified atom stereocenters. The van der Waals surface area contributed by atoms with Crippen molar-refractivity contribution < 1.29 is 141 Å². The van der Waals surface area contributed by atoms with Gasteiger partial charge in [0.2, 0.25) is 82.7 Å². The van der Waals surface area contributed by atoms with Crippen molar-refractivity contribution in [1.82, 2.24) is 89.6 Å². The molecule has 1 aliphatic heterocycles. The van der Waals surface area contributed by atoms with Gasteiger partial charge in [0.25, 0.3) is 0 Å². The number of H-pyrrole nitrogens is 2. The number of unbranched alkanes of at least 4 members (excludes halogenated alkanes) is 6. The number of nitrogens with zero attached hydrogens (tertiary/aromatic N) is 1. The summed E-state index contributed by atoms with van der Waals surface area (Å²) in [5, 5.41) is 98.6. The Kier molecular flexibility index (Phi) is 40.9. The zero-order chi connectivity index (χ0) is 93.6. The molecule has 49 nitrogen and oxygen atoms in total. The standard InChI is InChI=1S/C77H104N20O29/c1-5-6-7-8-9-10-11-22-55(101)87-46(25-39-31-81-44-20-15-13-17-40(39)44)69(116)90-47(27-54(79)100)70(117)92-50(30-61(110)111)71(118)95-63-38(4)126-76(124)51(26-53(99)41-18-12-14-19-43(41)78)93-74(121)62(36(2)24-58(104)105)94-72(119)52(35-98)88-57(103)33-82-66(113)48(28-59(106)107)89-65(112)37(3)85-68(115)49(29-60(108)109)91-67(114)45(86-56(102)34-83-73(63)120)21-16-23-80-77(125)96-64-42(75(122)123)32-84-97-64/h12-15,17-20,31-32,36-38,45-52,62-63,81,98H,5-11,16,21-30,33-35,78H2,1-4H3,(H2,79,100)(H,82,113)(H,83,120)(H,85,115)(H,86,102)(H,87,101)(H,88,103)(H,89,112)(H,90,116)(H,91,114)(H,92,117)(H,93,121)(H,94,119)(H,95,118)(H,104,105)(H,106,107)(H,108,109)(H,110,111)(H,122,123)(H3,80,84,96,97,125). The van der Waals surface area contributed by atoms with Crippen LogP contribution >= 0.6 is 0 Å². The second kappa shape index (κ2) is 50.6. The fourth-order valence-corrected chi connectivity index (χ4v) is 12.6. The molecule has 686 valence electrons. The van der Waals surface area contributed by atoms with Gasteiger partial charge in [-0.15, -0.1) is 0 Å². The van der Waals surface area contributed by atoms with Crippen molar-refractivity contribution in [1.29, 1.82) is 0 Å². The number of benzene rings is 2. The molecule has 0 saturated carbocycles. The van der Waals surface area contributed by atoms with Crippen molar-refractivity contribution in [3.05, 3.63) is 77.6 Å². The quantitative estimate of drug-likeness (QED) is 0.00862. The fraction of sp³-hybridized carbons (Fsp3) is 0.494. The number of carbonyl (C=O) groups is 22. The lowest BCUT2D eigenvalue weighted by atomic mass is 9.96. The second-order valence-corrected chi connectivity index (χ2v) is 29.3. The largest absolute Gasteiger partial charge is 0.481 e. The van der Waals surface area contributed by atoms with E-state index in [1.54, 1.807) is 30.5 Å². The highest BCUT2D eigenvalue weighted by Gasteiger charge is 2.41. The maximum atomic E-state index is 15.0. The molecule has 0 bridgehead atoms. The number of Topliss-reactive ketones (excluding diaryl/α,β-unsaturated/α-hetero) is 1. The molecule has 1 saturated heterocycles. The lowest BCUT2D eigenvalue weighted by Gasteiger charge is -2.30. The molecule has 13 atom stereocenters. The van der Waals surface area contributed by atoms with Crippen LogP contribution in [0.4, 0.5) is 16.3 Å². The minimum atomic E-state index is -2.53. The number of carbonyl (C=O) groups excluding carboxylic acids is 17. The first kappa shape index (κ1) is 102. The highest BCUT2D eigenvalue weighted by Crippen LogP contribution is 2.22. The van der Waals surface area contributed by atoms with Gasteiger partial charge in [0.15, 0.2) is 11.6 Å². The van der Waals surface area contributed by atoms with Gasteiger partial charge >= 0.3 is 41.8 Å². The number of aliphatic hydroxyl groups excluding tert-OH is 1. The topological polar surface area (TPSA) is 783 Å². The number of carboxylic acids is 5. The summed E-state index contributed by atoms with van der Waals surface area (Å²) in [6, 6.07) is -12.6. The van der Waals surface area contributed by atoms with Gasteiger partial charge in [0, 0.05) is 60.4 Å². The summed E-state index contributed by atoms with van der Waals surface area (Å²) in [5.74, 6) is -32.8. The number of rotatable bonds is 38. The van der Waals surface area contributed by atoms with Crippen molar-refractivity contribution in [2.24, 2.45) is 11.7 Å². The number of nitrogens with one attached hydrogen (secondary N) is 17. The van der Waals surface area contributed by atoms with Crippen LogP contribution in [0.2, 0.25) is 0 Å². The summed E-state index contributed by atoms with van der Waals surface area (Å²) in [6.45, 7) is 0.519. The summed E-state index contributed by atoms with van der Waals surface area (Å²) in [7, 11) is 0. The summed E-state index contributed by atoms with van der Waals surface area (Å²) < 4.78 is 5.70. The summed E-state index contributed by atoms with van der Waals surface area (Å²) >= 11 is 0. The van der Waals surface area contributed by atoms with Crippen LogP contribution in [0.25, 0.3) is 10.9 Å². The number of para-hydroxylation sites is 2. The number of ketones is 1.